The van der Waals surface area contributed by atoms with Crippen molar-refractivity contribution in [3.8, 4) is 0 Å². The molecule has 0 aliphatic carbocycles. The van der Waals surface area contributed by atoms with Crippen molar-refractivity contribution in [2.75, 3.05) is 14.1 Å². The Morgan fingerprint density at radius 3 is 2.53 bits per heavy atom. The number of carbonyl (C=O) groups excluding carboxylic acids is 1. The largest absolute Gasteiger partial charge is 0.345 e. The number of benzene rings is 1. The van der Waals surface area contributed by atoms with Crippen molar-refractivity contribution in [2.24, 2.45) is 0 Å². The first-order chi connectivity index (χ1) is 6.93. The Hall–Kier alpha value is -1.43. The molecule has 0 saturated heterocycles. The summed E-state index contributed by atoms with van der Waals surface area (Å²) in [5.74, 6) is -0.386. The van der Waals surface area contributed by atoms with Crippen molar-refractivity contribution in [2.45, 2.75) is 0 Å². The number of carbonyl (C=O) groups is 1. The Bertz CT molecular complexity index is 418. The van der Waals surface area contributed by atoms with Crippen LogP contribution in [0.3, 0.4) is 0 Å². The second-order valence-electron chi connectivity index (χ2n) is 3.12. The monoisotopic (exact) mass is 272 g/mol. The molecule has 0 fully saturated rings. The maximum atomic E-state index is 11.6. The van der Waals surface area contributed by atoms with E-state index in [4.69, 9.17) is 0 Å². The third-order valence-electron chi connectivity index (χ3n) is 1.79. The Labute approximate surface area is 95.0 Å². The molecule has 0 N–H and O–H groups in total. The first-order valence-corrected chi connectivity index (χ1v) is 4.88. The number of rotatable bonds is 2. The van der Waals surface area contributed by atoms with Crippen LogP contribution in [0.25, 0.3) is 0 Å². The molecule has 0 unspecified atom stereocenters. The zero-order chi connectivity index (χ0) is 11.6. The van der Waals surface area contributed by atoms with E-state index in [2.05, 4.69) is 15.9 Å². The van der Waals surface area contributed by atoms with Crippen molar-refractivity contribution in [3.05, 3.63) is 38.3 Å². The molecule has 15 heavy (non-hydrogen) atoms. The van der Waals surface area contributed by atoms with Gasteiger partial charge in [0.25, 0.3) is 11.6 Å². The fourth-order valence-corrected chi connectivity index (χ4v) is 1.44. The van der Waals surface area contributed by atoms with E-state index in [0.29, 0.717) is 4.47 Å². The molecule has 0 bridgehead atoms. The molecule has 0 spiro atoms. The van der Waals surface area contributed by atoms with Crippen molar-refractivity contribution in [1.29, 1.82) is 0 Å². The summed E-state index contributed by atoms with van der Waals surface area (Å²) in [6.45, 7) is 0. The van der Waals surface area contributed by atoms with E-state index in [1.807, 2.05) is 0 Å². The molecule has 0 aliphatic heterocycles. The number of hydrogen-bond donors (Lipinski definition) is 0. The summed E-state index contributed by atoms with van der Waals surface area (Å²) in [7, 11) is 3.10. The van der Waals surface area contributed by atoms with Gasteiger partial charge in [0.1, 0.15) is 5.56 Å². The molecule has 0 heterocycles. The first-order valence-electron chi connectivity index (χ1n) is 4.09. The highest BCUT2D eigenvalue weighted by Gasteiger charge is 2.21. The van der Waals surface area contributed by atoms with Gasteiger partial charge in [-0.3, -0.25) is 14.9 Å². The molecule has 5 nitrogen and oxygen atoms in total. The number of nitro benzene ring substituents is 1. The summed E-state index contributed by atoms with van der Waals surface area (Å²) in [6, 6.07) is 4.28. The molecular formula is C9H9BrN2O3. The van der Waals surface area contributed by atoms with E-state index in [1.165, 1.54) is 23.1 Å². The minimum Gasteiger partial charge on any atom is -0.345 e. The van der Waals surface area contributed by atoms with E-state index < -0.39 is 4.92 Å². The lowest BCUT2D eigenvalue weighted by Gasteiger charge is -2.10. The average Bonchev–Trinajstić information content (AvgIpc) is 2.15. The van der Waals surface area contributed by atoms with E-state index in [-0.39, 0.29) is 17.2 Å². The van der Waals surface area contributed by atoms with Gasteiger partial charge >= 0.3 is 0 Å². The van der Waals surface area contributed by atoms with Gasteiger partial charge in [0.15, 0.2) is 0 Å². The van der Waals surface area contributed by atoms with Crippen LogP contribution in [0.4, 0.5) is 5.69 Å². The third-order valence-corrected chi connectivity index (χ3v) is 2.29. The van der Waals surface area contributed by atoms with E-state index in [1.54, 1.807) is 14.1 Å². The second kappa shape index (κ2) is 4.39. The van der Waals surface area contributed by atoms with Crippen LogP contribution < -0.4 is 0 Å². The van der Waals surface area contributed by atoms with E-state index in [9.17, 15) is 14.9 Å². The van der Waals surface area contributed by atoms with Gasteiger partial charge in [-0.1, -0.05) is 15.9 Å². The van der Waals surface area contributed by atoms with Gasteiger partial charge in [0, 0.05) is 24.6 Å². The summed E-state index contributed by atoms with van der Waals surface area (Å²) in [5, 5.41) is 10.7. The second-order valence-corrected chi connectivity index (χ2v) is 4.03. The molecule has 6 heteroatoms. The van der Waals surface area contributed by atoms with Crippen molar-refractivity contribution in [3.63, 3.8) is 0 Å². The predicted octanol–water partition coefficient (Wildman–Crippen LogP) is 2.06. The molecule has 0 aliphatic rings. The lowest BCUT2D eigenvalue weighted by atomic mass is 10.1. The minimum absolute atomic E-state index is 0.0828. The lowest BCUT2D eigenvalue weighted by molar-refractivity contribution is -0.385. The highest BCUT2D eigenvalue weighted by Crippen LogP contribution is 2.23. The maximum absolute atomic E-state index is 11.6. The zero-order valence-corrected chi connectivity index (χ0v) is 9.82. The van der Waals surface area contributed by atoms with Crippen molar-refractivity contribution >= 4 is 27.5 Å². The van der Waals surface area contributed by atoms with Gasteiger partial charge in [-0.2, -0.15) is 0 Å². The predicted molar refractivity (Wildman–Crippen MR) is 58.8 cm³/mol. The van der Waals surface area contributed by atoms with Crippen LogP contribution in [0.5, 0.6) is 0 Å². The molecule has 0 atom stereocenters. The van der Waals surface area contributed by atoms with Crippen LogP contribution in [0.15, 0.2) is 22.7 Å². The standard InChI is InChI=1S/C9H9BrN2O3/c1-11(2)9(13)7-5-6(10)3-4-8(7)12(14)15/h3-5H,1-2H3. The van der Waals surface area contributed by atoms with Gasteiger partial charge in [0.2, 0.25) is 0 Å². The van der Waals surface area contributed by atoms with Gasteiger partial charge in [0.05, 0.1) is 4.92 Å². The topological polar surface area (TPSA) is 63.5 Å². The van der Waals surface area contributed by atoms with Crippen LogP contribution >= 0.6 is 15.9 Å². The third kappa shape index (κ3) is 2.53. The van der Waals surface area contributed by atoms with Crippen LogP contribution in [-0.2, 0) is 0 Å². The smallest absolute Gasteiger partial charge is 0.282 e. The molecule has 1 rings (SSSR count). The minimum atomic E-state index is -0.566. The van der Waals surface area contributed by atoms with E-state index in [0.717, 1.165) is 0 Å². The Balaban J connectivity index is 3.30. The Morgan fingerprint density at radius 1 is 1.47 bits per heavy atom. The average molecular weight is 273 g/mol. The molecule has 0 radical (unpaired) electrons. The van der Waals surface area contributed by atoms with Gasteiger partial charge in [-0.25, -0.2) is 0 Å². The van der Waals surface area contributed by atoms with Gasteiger partial charge < -0.3 is 4.90 Å². The molecule has 0 aromatic heterocycles. The number of nitro groups is 1. The molecule has 1 aromatic rings. The fourth-order valence-electron chi connectivity index (χ4n) is 1.08. The summed E-state index contributed by atoms with van der Waals surface area (Å²) in [4.78, 5) is 23.0. The van der Waals surface area contributed by atoms with Crippen LogP contribution in [-0.4, -0.2) is 29.8 Å². The molecule has 1 amide bonds. The highest BCUT2D eigenvalue weighted by atomic mass is 79.9. The number of halogens is 1. The number of nitrogens with zero attached hydrogens (tertiary/aromatic N) is 2. The summed E-state index contributed by atoms with van der Waals surface area (Å²) >= 11 is 3.17. The first kappa shape index (κ1) is 11.6. The molecule has 0 saturated carbocycles. The summed E-state index contributed by atoms with van der Waals surface area (Å²) in [6.07, 6.45) is 0. The summed E-state index contributed by atoms with van der Waals surface area (Å²) in [5.41, 5.74) is -0.101. The lowest BCUT2D eigenvalue weighted by Crippen LogP contribution is -2.22. The normalized spacial score (nSPS) is 9.80. The SMILES string of the molecule is CN(C)C(=O)c1cc(Br)ccc1[N+](=O)[O-]. The van der Waals surface area contributed by atoms with E-state index >= 15 is 0 Å². The zero-order valence-electron chi connectivity index (χ0n) is 8.23. The maximum Gasteiger partial charge on any atom is 0.282 e. The number of amides is 1. The quantitative estimate of drug-likeness (QED) is 0.612. The molecule has 80 valence electrons. The van der Waals surface area contributed by atoms with Gasteiger partial charge in [-0.15, -0.1) is 0 Å². The van der Waals surface area contributed by atoms with Crippen molar-refractivity contribution in [1.82, 2.24) is 4.90 Å². The van der Waals surface area contributed by atoms with Crippen LogP contribution in [0.2, 0.25) is 0 Å². The van der Waals surface area contributed by atoms with Gasteiger partial charge in [-0.05, 0) is 12.1 Å². The van der Waals surface area contributed by atoms with Crippen LogP contribution in [0, 0.1) is 10.1 Å². The number of hydrogen-bond acceptors (Lipinski definition) is 3. The highest BCUT2D eigenvalue weighted by molar-refractivity contribution is 9.10. The van der Waals surface area contributed by atoms with Crippen molar-refractivity contribution < 1.29 is 9.72 Å². The summed E-state index contributed by atoms with van der Waals surface area (Å²) < 4.78 is 0.637. The Kier molecular flexibility index (Phi) is 3.41. The molecule has 1 aromatic carbocycles. The van der Waals surface area contributed by atoms with Crippen LogP contribution in [0.1, 0.15) is 10.4 Å². The fraction of sp³-hybridized carbons (Fsp3) is 0.222. The molecular weight excluding hydrogens is 264 g/mol. The Morgan fingerprint density at radius 2 is 2.07 bits per heavy atom.